The van der Waals surface area contributed by atoms with Crippen LogP contribution in [0, 0.1) is 29.5 Å². The van der Waals surface area contributed by atoms with Gasteiger partial charge in [-0.3, -0.25) is 0 Å². The standard InChI is InChI=1S/C22H34FOP/c1-16-2-6-18(7-3-16)19-8-4-17(5-9-19)15-24-21-11-10-20(12-13-25)22(23)14-21/h10-11,14,16-19H,2-9,12-13,15,25H2,1H3. The topological polar surface area (TPSA) is 9.23 Å². The molecule has 0 heterocycles. The van der Waals surface area contributed by atoms with Crippen molar-refractivity contribution in [1.82, 2.24) is 0 Å². The average molecular weight is 364 g/mol. The molecule has 0 saturated heterocycles. The van der Waals surface area contributed by atoms with Crippen molar-refractivity contribution in [3.05, 3.63) is 29.6 Å². The Morgan fingerprint density at radius 1 is 1.00 bits per heavy atom. The molecule has 140 valence electrons. The lowest BCUT2D eigenvalue weighted by Gasteiger charge is -2.37. The molecule has 1 atom stereocenters. The second-order valence-corrected chi connectivity index (χ2v) is 8.98. The molecule has 1 aromatic rings. The van der Waals surface area contributed by atoms with Crippen LogP contribution in [0.25, 0.3) is 0 Å². The first kappa shape index (κ1) is 19.2. The van der Waals surface area contributed by atoms with Crippen LogP contribution in [0.5, 0.6) is 5.75 Å². The number of aryl methyl sites for hydroxylation is 1. The van der Waals surface area contributed by atoms with E-state index in [1.165, 1.54) is 51.4 Å². The largest absolute Gasteiger partial charge is 0.493 e. The van der Waals surface area contributed by atoms with Crippen molar-refractivity contribution < 1.29 is 9.13 Å². The molecule has 0 aromatic heterocycles. The fourth-order valence-corrected chi connectivity index (χ4v) is 5.08. The van der Waals surface area contributed by atoms with Crippen LogP contribution in [-0.4, -0.2) is 12.8 Å². The summed E-state index contributed by atoms with van der Waals surface area (Å²) in [5, 5.41) is 0. The summed E-state index contributed by atoms with van der Waals surface area (Å²) in [6, 6.07) is 5.35. The Labute approximate surface area is 155 Å². The van der Waals surface area contributed by atoms with Gasteiger partial charge in [-0.05, 0) is 86.4 Å². The van der Waals surface area contributed by atoms with E-state index in [9.17, 15) is 4.39 Å². The molecule has 1 aromatic carbocycles. The smallest absolute Gasteiger partial charge is 0.130 e. The molecule has 0 radical (unpaired) electrons. The fourth-order valence-electron chi connectivity index (χ4n) is 4.77. The van der Waals surface area contributed by atoms with Crippen molar-refractivity contribution in [2.75, 3.05) is 12.8 Å². The number of rotatable bonds is 6. The normalized spacial score (nSPS) is 30.2. The molecule has 2 aliphatic carbocycles. The summed E-state index contributed by atoms with van der Waals surface area (Å²) in [6.07, 6.45) is 12.7. The summed E-state index contributed by atoms with van der Waals surface area (Å²) >= 11 is 0. The third-order valence-corrected chi connectivity index (χ3v) is 6.83. The molecule has 1 unspecified atom stereocenters. The molecule has 1 nitrogen and oxygen atoms in total. The molecule has 2 aliphatic rings. The molecule has 2 saturated carbocycles. The summed E-state index contributed by atoms with van der Waals surface area (Å²) in [4.78, 5) is 0. The summed E-state index contributed by atoms with van der Waals surface area (Å²) in [7, 11) is 2.65. The van der Waals surface area contributed by atoms with Crippen molar-refractivity contribution in [2.24, 2.45) is 23.7 Å². The molecular formula is C22H34FOP. The monoisotopic (exact) mass is 364 g/mol. The number of halogens is 1. The number of benzene rings is 1. The Kier molecular flexibility index (Phi) is 7.17. The van der Waals surface area contributed by atoms with Gasteiger partial charge in [-0.1, -0.05) is 25.8 Å². The highest BCUT2D eigenvalue weighted by molar-refractivity contribution is 7.16. The highest BCUT2D eigenvalue weighted by Gasteiger charge is 2.30. The van der Waals surface area contributed by atoms with Gasteiger partial charge in [-0.15, -0.1) is 9.24 Å². The van der Waals surface area contributed by atoms with Crippen molar-refractivity contribution >= 4 is 9.24 Å². The number of ether oxygens (including phenoxy) is 1. The van der Waals surface area contributed by atoms with Crippen LogP contribution in [0.15, 0.2) is 18.2 Å². The first-order chi connectivity index (χ1) is 12.2. The van der Waals surface area contributed by atoms with E-state index >= 15 is 0 Å². The van der Waals surface area contributed by atoms with E-state index in [1.54, 1.807) is 6.07 Å². The zero-order chi connectivity index (χ0) is 17.6. The van der Waals surface area contributed by atoms with Gasteiger partial charge in [0, 0.05) is 6.07 Å². The molecule has 3 rings (SSSR count). The van der Waals surface area contributed by atoms with Crippen LogP contribution >= 0.6 is 9.24 Å². The Bertz CT molecular complexity index is 531. The Morgan fingerprint density at radius 3 is 2.24 bits per heavy atom. The van der Waals surface area contributed by atoms with Crippen LogP contribution in [0.1, 0.15) is 63.9 Å². The lowest BCUT2D eigenvalue weighted by Crippen LogP contribution is -2.27. The molecule has 0 amide bonds. The number of hydrogen-bond acceptors (Lipinski definition) is 1. The van der Waals surface area contributed by atoms with Gasteiger partial charge in [0.1, 0.15) is 11.6 Å². The van der Waals surface area contributed by atoms with E-state index in [2.05, 4.69) is 16.2 Å². The van der Waals surface area contributed by atoms with Crippen LogP contribution in [0.4, 0.5) is 4.39 Å². The first-order valence-corrected chi connectivity index (χ1v) is 11.1. The SMILES string of the molecule is CC1CCC(C2CCC(COc3ccc(CCP)c(F)c3)CC2)CC1. The third kappa shape index (κ3) is 5.43. The summed E-state index contributed by atoms with van der Waals surface area (Å²) in [5.41, 5.74) is 0.782. The lowest BCUT2D eigenvalue weighted by atomic mass is 9.69. The molecule has 0 N–H and O–H groups in total. The third-order valence-electron chi connectivity index (χ3n) is 6.54. The quantitative estimate of drug-likeness (QED) is 0.542. The van der Waals surface area contributed by atoms with E-state index in [0.717, 1.165) is 42.5 Å². The van der Waals surface area contributed by atoms with Gasteiger partial charge in [0.25, 0.3) is 0 Å². The van der Waals surface area contributed by atoms with Crippen LogP contribution in [-0.2, 0) is 6.42 Å². The maximum Gasteiger partial charge on any atom is 0.130 e. The highest BCUT2D eigenvalue weighted by Crippen LogP contribution is 2.41. The molecule has 2 fully saturated rings. The van der Waals surface area contributed by atoms with E-state index in [1.807, 2.05) is 12.1 Å². The molecule has 0 aliphatic heterocycles. The molecule has 25 heavy (non-hydrogen) atoms. The van der Waals surface area contributed by atoms with Crippen LogP contribution in [0.2, 0.25) is 0 Å². The fraction of sp³-hybridized carbons (Fsp3) is 0.727. The highest BCUT2D eigenvalue weighted by atomic mass is 31.0. The van der Waals surface area contributed by atoms with E-state index in [0.29, 0.717) is 11.7 Å². The van der Waals surface area contributed by atoms with Crippen molar-refractivity contribution in [2.45, 2.75) is 64.7 Å². The minimum absolute atomic E-state index is 0.129. The van der Waals surface area contributed by atoms with Crippen molar-refractivity contribution in [1.29, 1.82) is 0 Å². The van der Waals surface area contributed by atoms with Crippen molar-refractivity contribution in [3.8, 4) is 5.75 Å². The predicted octanol–water partition coefficient (Wildman–Crippen LogP) is 6.25. The van der Waals surface area contributed by atoms with Gasteiger partial charge in [0.05, 0.1) is 6.61 Å². The molecular weight excluding hydrogens is 330 g/mol. The second kappa shape index (κ2) is 9.36. The first-order valence-electron chi connectivity index (χ1n) is 10.3. The Balaban J connectivity index is 1.41. The van der Waals surface area contributed by atoms with Gasteiger partial charge >= 0.3 is 0 Å². The second-order valence-electron chi connectivity index (χ2n) is 8.40. The zero-order valence-electron chi connectivity index (χ0n) is 15.7. The summed E-state index contributed by atoms with van der Waals surface area (Å²) in [5.74, 6) is 4.09. The lowest BCUT2D eigenvalue weighted by molar-refractivity contribution is 0.126. The van der Waals surface area contributed by atoms with Gasteiger partial charge in [-0.2, -0.15) is 0 Å². The maximum absolute atomic E-state index is 14.0. The molecule has 0 bridgehead atoms. The van der Waals surface area contributed by atoms with Gasteiger partial charge < -0.3 is 4.74 Å². The van der Waals surface area contributed by atoms with Crippen LogP contribution in [0.3, 0.4) is 0 Å². The van der Waals surface area contributed by atoms with E-state index < -0.39 is 0 Å². The van der Waals surface area contributed by atoms with Gasteiger partial charge in [0.15, 0.2) is 0 Å². The average Bonchev–Trinajstić information content (AvgIpc) is 2.63. The van der Waals surface area contributed by atoms with Crippen molar-refractivity contribution in [3.63, 3.8) is 0 Å². The maximum atomic E-state index is 14.0. The molecule has 3 heteroatoms. The Morgan fingerprint density at radius 2 is 1.64 bits per heavy atom. The van der Waals surface area contributed by atoms with E-state index in [4.69, 9.17) is 4.74 Å². The van der Waals surface area contributed by atoms with Gasteiger partial charge in [0.2, 0.25) is 0 Å². The minimum atomic E-state index is -0.129. The predicted molar refractivity (Wildman–Crippen MR) is 107 cm³/mol. The molecule has 0 spiro atoms. The number of hydrogen-bond donors (Lipinski definition) is 0. The van der Waals surface area contributed by atoms with E-state index in [-0.39, 0.29) is 5.82 Å². The zero-order valence-corrected chi connectivity index (χ0v) is 16.8. The summed E-state index contributed by atoms with van der Waals surface area (Å²) in [6.45, 7) is 3.15. The van der Waals surface area contributed by atoms with Crippen LogP contribution < -0.4 is 4.74 Å². The summed E-state index contributed by atoms with van der Waals surface area (Å²) < 4.78 is 19.9. The Hall–Kier alpha value is -0.620. The minimum Gasteiger partial charge on any atom is -0.493 e. The van der Waals surface area contributed by atoms with Gasteiger partial charge in [-0.25, -0.2) is 4.39 Å².